The second-order valence-corrected chi connectivity index (χ2v) is 6.51. The second kappa shape index (κ2) is 6.92. The Kier molecular flexibility index (Phi) is 5.21. The average Bonchev–Trinajstić information content (AvgIpc) is 2.46. The van der Waals surface area contributed by atoms with Crippen molar-refractivity contribution in [3.63, 3.8) is 0 Å². The zero-order valence-corrected chi connectivity index (χ0v) is 13.6. The van der Waals surface area contributed by atoms with E-state index in [1.807, 2.05) is 19.2 Å². The van der Waals surface area contributed by atoms with Crippen LogP contribution in [0.1, 0.15) is 68.4 Å². The minimum absolute atomic E-state index is 0.0231. The molecule has 1 saturated carbocycles. The highest BCUT2D eigenvalue weighted by molar-refractivity contribution is 5.95. The Labute approximate surface area is 127 Å². The lowest BCUT2D eigenvalue weighted by Gasteiger charge is -2.27. The summed E-state index contributed by atoms with van der Waals surface area (Å²) in [5.74, 6) is 1.79. The Balaban J connectivity index is 2.12. The Morgan fingerprint density at radius 3 is 2.71 bits per heavy atom. The minimum atomic E-state index is 0.0231. The predicted octanol–water partition coefficient (Wildman–Crippen LogP) is 3.56. The van der Waals surface area contributed by atoms with Crippen molar-refractivity contribution in [2.24, 2.45) is 5.92 Å². The van der Waals surface area contributed by atoms with Gasteiger partial charge in [0.15, 0.2) is 0 Å². The molecule has 1 fully saturated rings. The van der Waals surface area contributed by atoms with Gasteiger partial charge in [0.25, 0.3) is 5.91 Å². The summed E-state index contributed by atoms with van der Waals surface area (Å²) in [4.78, 5) is 17.0. The van der Waals surface area contributed by atoms with Crippen molar-refractivity contribution in [3.05, 3.63) is 23.4 Å². The van der Waals surface area contributed by atoms with E-state index in [4.69, 9.17) is 0 Å². The summed E-state index contributed by atoms with van der Waals surface area (Å²) in [6.45, 7) is 6.44. The number of nitrogens with zero attached hydrogens (tertiary/aromatic N) is 1. The van der Waals surface area contributed by atoms with Crippen molar-refractivity contribution in [1.82, 2.24) is 10.3 Å². The van der Waals surface area contributed by atoms with Crippen molar-refractivity contribution >= 4 is 11.7 Å². The first kappa shape index (κ1) is 15.8. The second-order valence-electron chi connectivity index (χ2n) is 6.51. The van der Waals surface area contributed by atoms with E-state index in [1.54, 1.807) is 0 Å². The van der Waals surface area contributed by atoms with Gasteiger partial charge in [-0.25, -0.2) is 4.98 Å². The molecule has 21 heavy (non-hydrogen) atoms. The molecule has 2 atom stereocenters. The fourth-order valence-corrected chi connectivity index (χ4v) is 2.94. The smallest absolute Gasteiger partial charge is 0.251 e. The van der Waals surface area contributed by atoms with Crippen LogP contribution < -0.4 is 10.6 Å². The molecule has 0 aliphatic heterocycles. The fraction of sp³-hybridized carbons (Fsp3) is 0.647. The Bertz CT molecular complexity index is 499. The van der Waals surface area contributed by atoms with Crippen molar-refractivity contribution in [2.75, 3.05) is 12.4 Å². The van der Waals surface area contributed by atoms with Gasteiger partial charge in [-0.15, -0.1) is 0 Å². The molecule has 2 rings (SSSR count). The van der Waals surface area contributed by atoms with Gasteiger partial charge in [-0.2, -0.15) is 0 Å². The lowest BCUT2D eigenvalue weighted by molar-refractivity contribution is 0.0921. The fourth-order valence-electron chi connectivity index (χ4n) is 2.94. The van der Waals surface area contributed by atoms with Crippen LogP contribution in [-0.4, -0.2) is 24.0 Å². The van der Waals surface area contributed by atoms with Crippen molar-refractivity contribution < 1.29 is 4.79 Å². The van der Waals surface area contributed by atoms with Crippen molar-refractivity contribution in [2.45, 2.75) is 58.4 Å². The number of hydrogen-bond donors (Lipinski definition) is 2. The molecule has 2 N–H and O–H groups in total. The van der Waals surface area contributed by atoms with Gasteiger partial charge < -0.3 is 10.6 Å². The van der Waals surface area contributed by atoms with Gasteiger partial charge in [0.1, 0.15) is 5.82 Å². The first-order valence-electron chi connectivity index (χ1n) is 8.00. The summed E-state index contributed by atoms with van der Waals surface area (Å²) in [5, 5.41) is 6.23. The number of anilines is 1. The topological polar surface area (TPSA) is 54.0 Å². The molecule has 1 amide bonds. The molecular weight excluding hydrogens is 262 g/mol. The third-order valence-corrected chi connectivity index (χ3v) is 4.23. The van der Waals surface area contributed by atoms with Crippen LogP contribution in [0.4, 0.5) is 5.82 Å². The molecule has 4 heteroatoms. The molecule has 1 heterocycles. The van der Waals surface area contributed by atoms with Crippen LogP contribution in [0, 0.1) is 5.92 Å². The third-order valence-electron chi connectivity index (χ3n) is 4.23. The summed E-state index contributed by atoms with van der Waals surface area (Å²) in [7, 11) is 1.83. The average molecular weight is 289 g/mol. The SMILES string of the molecule is CNc1cc(C(=O)NC2CCCC(C)C2)cc(C(C)C)n1. The quantitative estimate of drug-likeness (QED) is 0.891. The van der Waals surface area contributed by atoms with Gasteiger partial charge in [-0.3, -0.25) is 4.79 Å². The number of amides is 1. The van der Waals surface area contributed by atoms with E-state index in [1.165, 1.54) is 12.8 Å². The molecule has 4 nitrogen and oxygen atoms in total. The molecular formula is C17H27N3O. The van der Waals surface area contributed by atoms with Crippen LogP contribution in [0.2, 0.25) is 0 Å². The van der Waals surface area contributed by atoms with E-state index in [-0.39, 0.29) is 5.91 Å². The van der Waals surface area contributed by atoms with Crippen LogP contribution in [-0.2, 0) is 0 Å². The molecule has 0 bridgehead atoms. The molecule has 1 aliphatic carbocycles. The Morgan fingerprint density at radius 2 is 2.10 bits per heavy atom. The molecule has 1 aromatic rings. The Morgan fingerprint density at radius 1 is 1.33 bits per heavy atom. The number of aromatic nitrogens is 1. The largest absolute Gasteiger partial charge is 0.373 e. The number of pyridine rings is 1. The number of nitrogens with one attached hydrogen (secondary N) is 2. The van der Waals surface area contributed by atoms with E-state index >= 15 is 0 Å². The van der Waals surface area contributed by atoms with Gasteiger partial charge in [0.2, 0.25) is 0 Å². The van der Waals surface area contributed by atoms with Crippen LogP contribution in [0.3, 0.4) is 0 Å². The van der Waals surface area contributed by atoms with E-state index in [2.05, 4.69) is 36.4 Å². The first-order valence-corrected chi connectivity index (χ1v) is 8.00. The van der Waals surface area contributed by atoms with Gasteiger partial charge in [-0.05, 0) is 36.8 Å². The highest BCUT2D eigenvalue weighted by Crippen LogP contribution is 2.24. The summed E-state index contributed by atoms with van der Waals surface area (Å²) in [6, 6.07) is 4.05. The maximum absolute atomic E-state index is 12.5. The van der Waals surface area contributed by atoms with E-state index in [0.29, 0.717) is 23.4 Å². The van der Waals surface area contributed by atoms with Crippen LogP contribution in [0.15, 0.2) is 12.1 Å². The summed E-state index contributed by atoms with van der Waals surface area (Å²) >= 11 is 0. The van der Waals surface area contributed by atoms with Crippen LogP contribution in [0.5, 0.6) is 0 Å². The van der Waals surface area contributed by atoms with E-state index < -0.39 is 0 Å². The molecule has 0 aromatic carbocycles. The monoisotopic (exact) mass is 289 g/mol. The van der Waals surface area contributed by atoms with Gasteiger partial charge >= 0.3 is 0 Å². The molecule has 1 aliphatic rings. The van der Waals surface area contributed by atoms with E-state index in [9.17, 15) is 4.79 Å². The highest BCUT2D eigenvalue weighted by atomic mass is 16.1. The highest BCUT2D eigenvalue weighted by Gasteiger charge is 2.21. The predicted molar refractivity (Wildman–Crippen MR) is 86.8 cm³/mol. The number of carbonyl (C=O) groups is 1. The third kappa shape index (κ3) is 4.19. The van der Waals surface area contributed by atoms with Gasteiger partial charge in [-0.1, -0.05) is 33.6 Å². The summed E-state index contributed by atoms with van der Waals surface area (Å²) in [5.41, 5.74) is 1.65. The lowest BCUT2D eigenvalue weighted by atomic mass is 9.87. The molecule has 0 radical (unpaired) electrons. The first-order chi connectivity index (χ1) is 9.99. The van der Waals surface area contributed by atoms with E-state index in [0.717, 1.165) is 24.4 Å². The zero-order valence-electron chi connectivity index (χ0n) is 13.6. The van der Waals surface area contributed by atoms with Gasteiger partial charge in [0, 0.05) is 24.3 Å². The normalized spacial score (nSPS) is 22.1. The standard InChI is InChI=1S/C17H27N3O/c1-11(2)15-9-13(10-16(18-4)20-15)17(21)19-14-7-5-6-12(3)8-14/h9-12,14H,5-8H2,1-4H3,(H,18,20)(H,19,21). The van der Waals surface area contributed by atoms with Crippen LogP contribution in [0.25, 0.3) is 0 Å². The Hall–Kier alpha value is -1.58. The molecule has 0 spiro atoms. The van der Waals surface area contributed by atoms with Gasteiger partial charge in [0.05, 0.1) is 0 Å². The molecule has 0 saturated heterocycles. The molecule has 1 aromatic heterocycles. The lowest BCUT2D eigenvalue weighted by Crippen LogP contribution is -2.38. The summed E-state index contributed by atoms with van der Waals surface area (Å²) in [6.07, 6.45) is 4.67. The van der Waals surface area contributed by atoms with Crippen molar-refractivity contribution in [1.29, 1.82) is 0 Å². The number of rotatable bonds is 4. The zero-order chi connectivity index (χ0) is 15.4. The van der Waals surface area contributed by atoms with Crippen LogP contribution >= 0.6 is 0 Å². The minimum Gasteiger partial charge on any atom is -0.373 e. The molecule has 2 unspecified atom stereocenters. The number of carbonyl (C=O) groups excluding carboxylic acids is 1. The molecule has 116 valence electrons. The summed E-state index contributed by atoms with van der Waals surface area (Å²) < 4.78 is 0. The maximum Gasteiger partial charge on any atom is 0.251 e. The van der Waals surface area contributed by atoms with Crippen molar-refractivity contribution in [3.8, 4) is 0 Å². The number of hydrogen-bond acceptors (Lipinski definition) is 3. The maximum atomic E-state index is 12.5.